The zero-order valence-corrected chi connectivity index (χ0v) is 13.9. The summed E-state index contributed by atoms with van der Waals surface area (Å²) in [6.07, 6.45) is 7.03. The average Bonchev–Trinajstić information content (AvgIpc) is 3.19. The van der Waals surface area contributed by atoms with Crippen molar-refractivity contribution in [3.63, 3.8) is 0 Å². The van der Waals surface area contributed by atoms with E-state index in [9.17, 15) is 0 Å². The molecule has 1 spiro atoms. The van der Waals surface area contributed by atoms with Crippen LogP contribution in [0.15, 0.2) is 33.8 Å². The van der Waals surface area contributed by atoms with Gasteiger partial charge in [0.1, 0.15) is 17.1 Å². The van der Waals surface area contributed by atoms with E-state index in [1.165, 1.54) is 31.5 Å². The molecule has 0 saturated carbocycles. The van der Waals surface area contributed by atoms with Crippen molar-refractivity contribution >= 4 is 6.21 Å². The van der Waals surface area contributed by atoms with Gasteiger partial charge in [0.15, 0.2) is 0 Å². The van der Waals surface area contributed by atoms with Gasteiger partial charge < -0.3 is 9.15 Å². The molecule has 3 fully saturated rings. The molecule has 0 radical (unpaired) electrons. The third-order valence-corrected chi connectivity index (χ3v) is 5.71. The number of fused-ring (bicyclic) bond motifs is 3. The van der Waals surface area contributed by atoms with Gasteiger partial charge in [0.05, 0.1) is 6.21 Å². The maximum Gasteiger partial charge on any atom is 0.217 e. The Morgan fingerprint density at radius 1 is 1.33 bits per heavy atom. The highest BCUT2D eigenvalue weighted by Crippen LogP contribution is 2.46. The highest BCUT2D eigenvalue weighted by atomic mass is 16.5. The molecule has 4 aliphatic rings. The molecule has 24 heavy (non-hydrogen) atoms. The number of aliphatic imine (C=N–C) groups is 1. The number of aromatic nitrogens is 1. The van der Waals surface area contributed by atoms with Gasteiger partial charge in [-0.3, -0.25) is 9.89 Å². The van der Waals surface area contributed by atoms with Crippen LogP contribution in [0.2, 0.25) is 0 Å². The normalized spacial score (nSPS) is 30.9. The Morgan fingerprint density at radius 3 is 2.96 bits per heavy atom. The van der Waals surface area contributed by atoms with Crippen LogP contribution in [-0.2, 0) is 6.42 Å². The van der Waals surface area contributed by atoms with Gasteiger partial charge in [-0.15, -0.1) is 0 Å². The molecule has 5 nitrogen and oxygen atoms in total. The summed E-state index contributed by atoms with van der Waals surface area (Å²) in [4.78, 5) is 11.1. The molecular weight excluding hydrogens is 302 g/mol. The SMILES string of the molecule is CN=Cc1ccc(-c2cnc3c(c2)C[C@@]2(CN4CCC2CC4)O3)o1. The first-order chi connectivity index (χ1) is 11.8. The summed E-state index contributed by atoms with van der Waals surface area (Å²) in [5.41, 5.74) is 2.17. The maximum absolute atomic E-state index is 6.40. The Balaban J connectivity index is 1.45. The minimum Gasteiger partial charge on any atom is -0.469 e. The van der Waals surface area contributed by atoms with Crippen LogP contribution in [-0.4, -0.2) is 48.4 Å². The molecule has 2 aromatic rings. The van der Waals surface area contributed by atoms with Crippen molar-refractivity contribution in [1.82, 2.24) is 9.88 Å². The summed E-state index contributed by atoms with van der Waals surface area (Å²) < 4.78 is 12.2. The van der Waals surface area contributed by atoms with Crippen molar-refractivity contribution in [2.24, 2.45) is 10.9 Å². The first kappa shape index (κ1) is 14.2. The van der Waals surface area contributed by atoms with Crippen molar-refractivity contribution in [2.45, 2.75) is 24.9 Å². The molecule has 0 aliphatic carbocycles. The van der Waals surface area contributed by atoms with E-state index < -0.39 is 0 Å². The second-order valence-electron chi connectivity index (χ2n) is 7.17. The zero-order valence-electron chi connectivity index (χ0n) is 13.9. The number of pyridine rings is 1. The Morgan fingerprint density at radius 2 is 2.21 bits per heavy atom. The summed E-state index contributed by atoms with van der Waals surface area (Å²) >= 11 is 0. The number of rotatable bonds is 2. The fraction of sp³-hybridized carbons (Fsp3) is 0.474. The van der Waals surface area contributed by atoms with E-state index in [1.807, 2.05) is 18.3 Å². The molecule has 5 heteroatoms. The zero-order chi connectivity index (χ0) is 16.1. The van der Waals surface area contributed by atoms with Crippen molar-refractivity contribution in [2.75, 3.05) is 26.7 Å². The number of ether oxygens (including phenoxy) is 1. The maximum atomic E-state index is 6.40. The number of nitrogens with zero attached hydrogens (tertiary/aromatic N) is 3. The van der Waals surface area contributed by atoms with Crippen molar-refractivity contribution in [3.8, 4) is 17.2 Å². The Labute approximate surface area is 141 Å². The van der Waals surface area contributed by atoms with Crippen LogP contribution in [0.4, 0.5) is 0 Å². The van der Waals surface area contributed by atoms with Crippen LogP contribution in [0.25, 0.3) is 11.3 Å². The fourth-order valence-electron chi connectivity index (χ4n) is 4.55. The van der Waals surface area contributed by atoms with Crippen LogP contribution in [0.3, 0.4) is 0 Å². The molecule has 0 aromatic carbocycles. The van der Waals surface area contributed by atoms with Gasteiger partial charge in [-0.2, -0.15) is 0 Å². The third-order valence-electron chi connectivity index (χ3n) is 5.71. The Hall–Kier alpha value is -2.14. The van der Waals surface area contributed by atoms with E-state index in [2.05, 4.69) is 20.9 Å². The summed E-state index contributed by atoms with van der Waals surface area (Å²) in [6.45, 7) is 3.49. The standard InChI is InChI=1S/C19H21N3O2/c1-20-11-16-2-3-17(23-16)14-8-13-9-19(24-18(13)21-10-14)12-22-6-4-15(19)5-7-22/h2-3,8,10-11,15H,4-7,9,12H2,1H3/t19-/m0/s1. The minimum absolute atomic E-state index is 0.0480. The lowest BCUT2D eigenvalue weighted by atomic mass is 9.73. The van der Waals surface area contributed by atoms with Crippen molar-refractivity contribution < 1.29 is 9.15 Å². The van der Waals surface area contributed by atoms with Gasteiger partial charge in [0.2, 0.25) is 5.88 Å². The molecule has 2 aromatic heterocycles. The molecule has 124 valence electrons. The first-order valence-corrected chi connectivity index (χ1v) is 8.68. The van der Waals surface area contributed by atoms with E-state index in [4.69, 9.17) is 9.15 Å². The van der Waals surface area contributed by atoms with E-state index in [-0.39, 0.29) is 5.60 Å². The smallest absolute Gasteiger partial charge is 0.217 e. The summed E-state index contributed by atoms with van der Waals surface area (Å²) in [6, 6.07) is 6.08. The Kier molecular flexibility index (Phi) is 3.07. The van der Waals surface area contributed by atoms with E-state index in [0.717, 1.165) is 35.9 Å². The molecule has 6 rings (SSSR count). The second-order valence-corrected chi connectivity index (χ2v) is 7.17. The van der Waals surface area contributed by atoms with E-state index in [1.54, 1.807) is 13.3 Å². The summed E-state index contributed by atoms with van der Waals surface area (Å²) in [7, 11) is 1.74. The van der Waals surface area contributed by atoms with Crippen molar-refractivity contribution in [1.29, 1.82) is 0 Å². The van der Waals surface area contributed by atoms with Gasteiger partial charge in [-0.25, -0.2) is 4.98 Å². The van der Waals surface area contributed by atoms with Crippen LogP contribution in [0.1, 0.15) is 24.2 Å². The molecule has 0 unspecified atom stereocenters. The molecule has 0 amide bonds. The Bertz CT molecular complexity index is 805. The molecule has 1 atom stereocenters. The fourth-order valence-corrected chi connectivity index (χ4v) is 4.55. The molecule has 6 heterocycles. The number of piperidine rings is 3. The molecule has 0 N–H and O–H groups in total. The average molecular weight is 323 g/mol. The summed E-state index contributed by atoms with van der Waals surface area (Å²) in [5, 5.41) is 0. The van der Waals surface area contributed by atoms with Gasteiger partial charge in [0, 0.05) is 43.3 Å². The monoisotopic (exact) mass is 323 g/mol. The number of hydrogen-bond acceptors (Lipinski definition) is 5. The van der Waals surface area contributed by atoms with Gasteiger partial charge in [-0.1, -0.05) is 0 Å². The molecule has 3 saturated heterocycles. The lowest BCUT2D eigenvalue weighted by Gasteiger charge is -2.50. The minimum atomic E-state index is -0.0480. The lowest BCUT2D eigenvalue weighted by molar-refractivity contribution is -0.0814. The van der Waals surface area contributed by atoms with Crippen LogP contribution in [0.5, 0.6) is 5.88 Å². The summed E-state index contributed by atoms with van der Waals surface area (Å²) in [5.74, 6) is 3.07. The van der Waals surface area contributed by atoms with Crippen LogP contribution in [0, 0.1) is 5.92 Å². The third kappa shape index (κ3) is 2.11. The predicted molar refractivity (Wildman–Crippen MR) is 91.7 cm³/mol. The molecule has 2 bridgehead atoms. The predicted octanol–water partition coefficient (Wildman–Crippen LogP) is 2.79. The second kappa shape index (κ2) is 5.18. The van der Waals surface area contributed by atoms with Gasteiger partial charge in [0.25, 0.3) is 0 Å². The van der Waals surface area contributed by atoms with Crippen molar-refractivity contribution in [3.05, 3.63) is 35.7 Å². The largest absolute Gasteiger partial charge is 0.469 e. The van der Waals surface area contributed by atoms with E-state index in [0.29, 0.717) is 5.92 Å². The number of hydrogen-bond donors (Lipinski definition) is 0. The first-order valence-electron chi connectivity index (χ1n) is 8.68. The van der Waals surface area contributed by atoms with E-state index >= 15 is 0 Å². The topological polar surface area (TPSA) is 50.9 Å². The van der Waals surface area contributed by atoms with Crippen LogP contribution >= 0.6 is 0 Å². The van der Waals surface area contributed by atoms with Gasteiger partial charge >= 0.3 is 0 Å². The van der Waals surface area contributed by atoms with Gasteiger partial charge in [-0.05, 0) is 44.1 Å². The lowest BCUT2D eigenvalue weighted by Crippen LogP contribution is -2.61. The highest BCUT2D eigenvalue weighted by Gasteiger charge is 2.52. The highest BCUT2D eigenvalue weighted by molar-refractivity contribution is 5.77. The quantitative estimate of drug-likeness (QED) is 0.798. The van der Waals surface area contributed by atoms with Crippen LogP contribution < -0.4 is 4.74 Å². The number of furan rings is 1. The molecular formula is C19H21N3O2. The molecule has 4 aliphatic heterocycles.